The van der Waals surface area contributed by atoms with Crippen LogP contribution in [0, 0.1) is 6.92 Å². The van der Waals surface area contributed by atoms with E-state index in [9.17, 15) is 22.8 Å². The number of hydrogen-bond acceptors (Lipinski definition) is 6. The van der Waals surface area contributed by atoms with E-state index in [0.717, 1.165) is 34.4 Å². The second-order valence-corrected chi connectivity index (χ2v) is 11.1. The molecule has 0 aliphatic carbocycles. The highest BCUT2D eigenvalue weighted by molar-refractivity contribution is 8.15. The van der Waals surface area contributed by atoms with E-state index in [0.29, 0.717) is 23.2 Å². The Morgan fingerprint density at radius 2 is 1.84 bits per heavy atom. The van der Waals surface area contributed by atoms with Crippen LogP contribution in [0.15, 0.2) is 78.0 Å². The SMILES string of the molecule is CCc1ccc(C)cc1N1C(=O)CS/C1=N\C(=O)NCC(C)c1ccc(-c2ncn(-c3ccc(OC(F)(F)F)cc3)n2)cc1. The smallest absolute Gasteiger partial charge is 0.406 e. The average Bonchev–Trinajstić information content (AvgIpc) is 3.62. The number of thioether (sulfide) groups is 1. The van der Waals surface area contributed by atoms with Crippen molar-refractivity contribution in [2.24, 2.45) is 4.99 Å². The highest BCUT2D eigenvalue weighted by atomic mass is 32.2. The Labute approximate surface area is 256 Å². The number of benzene rings is 3. The molecule has 0 bridgehead atoms. The van der Waals surface area contributed by atoms with Crippen LogP contribution in [-0.2, 0) is 11.2 Å². The van der Waals surface area contributed by atoms with Crippen LogP contribution in [0.2, 0.25) is 0 Å². The third-order valence-corrected chi connectivity index (χ3v) is 7.87. The van der Waals surface area contributed by atoms with Crippen molar-refractivity contribution in [3.8, 4) is 22.8 Å². The van der Waals surface area contributed by atoms with Gasteiger partial charge in [-0.3, -0.25) is 9.69 Å². The first kappa shape index (κ1) is 30.8. The van der Waals surface area contributed by atoms with Gasteiger partial charge in [0.15, 0.2) is 11.0 Å². The molecule has 0 saturated carbocycles. The minimum atomic E-state index is -4.76. The summed E-state index contributed by atoms with van der Waals surface area (Å²) in [5.41, 5.74) is 5.03. The van der Waals surface area contributed by atoms with Crippen LogP contribution in [0.4, 0.5) is 23.7 Å². The molecule has 3 aromatic carbocycles. The van der Waals surface area contributed by atoms with Crippen molar-refractivity contribution in [2.75, 3.05) is 17.2 Å². The number of nitrogens with zero attached hydrogens (tertiary/aromatic N) is 5. The molecule has 1 aliphatic heterocycles. The number of alkyl halides is 3. The first-order chi connectivity index (χ1) is 21.0. The predicted molar refractivity (Wildman–Crippen MR) is 163 cm³/mol. The van der Waals surface area contributed by atoms with Gasteiger partial charge < -0.3 is 10.1 Å². The lowest BCUT2D eigenvalue weighted by Gasteiger charge is -2.20. The standard InChI is InChI=1S/C31H29F3N6O3S/c1-4-21-6-5-19(2)15-26(21)40-27(41)17-44-30(40)37-29(42)35-16-20(3)22-7-9-23(10-8-22)28-36-18-39(38-28)24-11-13-25(14-12-24)43-31(32,33)34/h5-15,18,20H,4,16-17H2,1-3H3,(H,35,42)/b37-30-. The molecule has 1 N–H and O–H groups in total. The van der Waals surface area contributed by atoms with E-state index in [1.54, 1.807) is 0 Å². The molecule has 228 valence electrons. The topological polar surface area (TPSA) is 102 Å². The van der Waals surface area contributed by atoms with Crippen LogP contribution in [0.3, 0.4) is 0 Å². The number of carbonyl (C=O) groups is 2. The molecule has 1 unspecified atom stereocenters. The van der Waals surface area contributed by atoms with Gasteiger partial charge in [-0.25, -0.2) is 14.5 Å². The lowest BCUT2D eigenvalue weighted by molar-refractivity contribution is -0.274. The number of rotatable bonds is 8. The lowest BCUT2D eigenvalue weighted by Crippen LogP contribution is -2.32. The number of ether oxygens (including phenoxy) is 1. The summed E-state index contributed by atoms with van der Waals surface area (Å²) in [5.74, 6) is 0.202. The Kier molecular flexibility index (Phi) is 9.04. The van der Waals surface area contributed by atoms with Gasteiger partial charge in [0, 0.05) is 12.1 Å². The van der Waals surface area contributed by atoms with E-state index in [1.807, 2.05) is 63.2 Å². The van der Waals surface area contributed by atoms with Crippen LogP contribution < -0.4 is 15.0 Å². The number of urea groups is 1. The molecule has 1 aliphatic rings. The maximum Gasteiger partial charge on any atom is 0.573 e. The summed E-state index contributed by atoms with van der Waals surface area (Å²) in [7, 11) is 0. The van der Waals surface area contributed by atoms with Gasteiger partial charge in [-0.05, 0) is 66.3 Å². The predicted octanol–water partition coefficient (Wildman–Crippen LogP) is 6.65. The van der Waals surface area contributed by atoms with E-state index in [2.05, 4.69) is 25.1 Å². The third-order valence-electron chi connectivity index (χ3n) is 6.95. The van der Waals surface area contributed by atoms with E-state index in [-0.39, 0.29) is 23.3 Å². The number of amides is 3. The maximum atomic E-state index is 12.8. The molecule has 1 fully saturated rings. The molecule has 0 radical (unpaired) electrons. The van der Waals surface area contributed by atoms with Crippen LogP contribution >= 0.6 is 11.8 Å². The lowest BCUT2D eigenvalue weighted by atomic mass is 10.00. The first-order valence-corrected chi connectivity index (χ1v) is 14.8. The quantitative estimate of drug-likeness (QED) is 0.236. The highest BCUT2D eigenvalue weighted by Gasteiger charge is 2.32. The molecule has 13 heteroatoms. The number of anilines is 1. The second kappa shape index (κ2) is 12.9. The number of nitrogens with one attached hydrogen (secondary N) is 1. The molecule has 44 heavy (non-hydrogen) atoms. The van der Waals surface area contributed by atoms with Crippen LogP contribution in [0.5, 0.6) is 5.75 Å². The van der Waals surface area contributed by atoms with E-state index >= 15 is 0 Å². The maximum absolute atomic E-state index is 12.8. The van der Waals surface area contributed by atoms with Crippen molar-refractivity contribution in [2.45, 2.75) is 39.5 Å². The van der Waals surface area contributed by atoms with Gasteiger partial charge in [0.25, 0.3) is 0 Å². The molecule has 1 aromatic heterocycles. The number of amidine groups is 1. The largest absolute Gasteiger partial charge is 0.573 e. The summed E-state index contributed by atoms with van der Waals surface area (Å²) < 4.78 is 42.6. The Balaban J connectivity index is 1.20. The first-order valence-electron chi connectivity index (χ1n) is 13.8. The summed E-state index contributed by atoms with van der Waals surface area (Å²) in [6.45, 7) is 6.28. The van der Waals surface area contributed by atoms with Gasteiger partial charge in [0.2, 0.25) is 5.91 Å². The molecule has 0 spiro atoms. The number of aryl methyl sites for hydroxylation is 2. The van der Waals surface area contributed by atoms with Crippen LogP contribution in [0.25, 0.3) is 17.1 Å². The fourth-order valence-corrected chi connectivity index (χ4v) is 5.49. The van der Waals surface area contributed by atoms with Gasteiger partial charge in [-0.15, -0.1) is 18.3 Å². The molecule has 4 aromatic rings. The molecular formula is C31H29F3N6O3S. The van der Waals surface area contributed by atoms with Gasteiger partial charge >= 0.3 is 12.4 Å². The van der Waals surface area contributed by atoms with E-state index < -0.39 is 12.4 Å². The zero-order valence-electron chi connectivity index (χ0n) is 24.1. The number of aliphatic imine (C=N–C) groups is 1. The highest BCUT2D eigenvalue weighted by Crippen LogP contribution is 2.31. The van der Waals surface area contributed by atoms with Crippen molar-refractivity contribution < 1.29 is 27.5 Å². The number of hydrogen-bond donors (Lipinski definition) is 1. The fraction of sp³-hybridized carbons (Fsp3) is 0.258. The molecule has 1 saturated heterocycles. The Morgan fingerprint density at radius 1 is 1.11 bits per heavy atom. The Morgan fingerprint density at radius 3 is 2.52 bits per heavy atom. The average molecular weight is 623 g/mol. The Bertz CT molecular complexity index is 1690. The fourth-order valence-electron chi connectivity index (χ4n) is 4.63. The number of halogens is 3. The zero-order chi connectivity index (χ0) is 31.4. The van der Waals surface area contributed by atoms with Gasteiger partial charge in [0.1, 0.15) is 12.1 Å². The van der Waals surface area contributed by atoms with Crippen molar-refractivity contribution in [1.29, 1.82) is 0 Å². The van der Waals surface area contributed by atoms with Gasteiger partial charge in [-0.1, -0.05) is 62.0 Å². The molecular weight excluding hydrogens is 593 g/mol. The normalized spacial score (nSPS) is 15.1. The molecule has 9 nitrogen and oxygen atoms in total. The minimum absolute atomic E-state index is 0.0337. The summed E-state index contributed by atoms with van der Waals surface area (Å²) in [5, 5.41) is 7.63. The second-order valence-electron chi connectivity index (χ2n) is 10.2. The van der Waals surface area contributed by atoms with Gasteiger partial charge in [0.05, 0.1) is 17.1 Å². The third kappa shape index (κ3) is 7.28. The van der Waals surface area contributed by atoms with Crippen molar-refractivity contribution in [3.63, 3.8) is 0 Å². The summed E-state index contributed by atoms with van der Waals surface area (Å²) in [4.78, 5) is 35.5. The molecule has 3 amide bonds. The van der Waals surface area contributed by atoms with Crippen molar-refractivity contribution in [3.05, 3.63) is 89.7 Å². The number of carbonyl (C=O) groups excluding carboxylic acids is 2. The summed E-state index contributed by atoms with van der Waals surface area (Å²) in [6, 6.07) is 18.3. The Hall–Kier alpha value is -4.65. The molecule has 2 heterocycles. The zero-order valence-corrected chi connectivity index (χ0v) is 24.9. The van der Waals surface area contributed by atoms with Gasteiger partial charge in [-0.2, -0.15) is 4.99 Å². The van der Waals surface area contributed by atoms with Crippen LogP contribution in [0.1, 0.15) is 36.5 Å². The monoisotopic (exact) mass is 622 g/mol. The van der Waals surface area contributed by atoms with Crippen molar-refractivity contribution in [1.82, 2.24) is 20.1 Å². The minimum Gasteiger partial charge on any atom is -0.406 e. The van der Waals surface area contributed by atoms with Crippen molar-refractivity contribution >= 4 is 34.6 Å². The molecule has 5 rings (SSSR count). The summed E-state index contributed by atoms with van der Waals surface area (Å²) in [6.07, 6.45) is -2.54. The van der Waals surface area contributed by atoms with E-state index in [4.69, 9.17) is 0 Å². The van der Waals surface area contributed by atoms with E-state index in [1.165, 1.54) is 51.9 Å². The van der Waals surface area contributed by atoms with Crippen LogP contribution in [-0.4, -0.2) is 50.5 Å². The number of aromatic nitrogens is 3. The molecule has 1 atom stereocenters. The summed E-state index contributed by atoms with van der Waals surface area (Å²) >= 11 is 1.25.